The molecule has 0 saturated carbocycles. The van der Waals surface area contributed by atoms with Gasteiger partial charge in [0, 0.05) is 23.3 Å². The van der Waals surface area contributed by atoms with Crippen LogP contribution in [0.5, 0.6) is 0 Å². The highest BCUT2D eigenvalue weighted by molar-refractivity contribution is 9.10. The summed E-state index contributed by atoms with van der Waals surface area (Å²) in [6.45, 7) is 3.82. The lowest BCUT2D eigenvalue weighted by Crippen LogP contribution is -2.12. The zero-order chi connectivity index (χ0) is 13.3. The van der Waals surface area contributed by atoms with Gasteiger partial charge in [0.25, 0.3) is 5.91 Å². The predicted octanol–water partition coefficient (Wildman–Crippen LogP) is 3.05. The van der Waals surface area contributed by atoms with Gasteiger partial charge < -0.3 is 5.32 Å². The summed E-state index contributed by atoms with van der Waals surface area (Å²) in [6, 6.07) is 5.52. The summed E-state index contributed by atoms with van der Waals surface area (Å²) in [7, 11) is 1.83. The Balaban J connectivity index is 2.22. The molecule has 1 heterocycles. The first-order valence-corrected chi connectivity index (χ1v) is 6.34. The van der Waals surface area contributed by atoms with E-state index < -0.39 is 0 Å². The van der Waals surface area contributed by atoms with E-state index in [0.717, 1.165) is 21.4 Å². The minimum Gasteiger partial charge on any atom is -0.319 e. The van der Waals surface area contributed by atoms with Crippen LogP contribution < -0.4 is 5.32 Å². The fourth-order valence-corrected chi connectivity index (χ4v) is 1.95. The average Bonchev–Trinajstić information content (AvgIpc) is 2.61. The molecular formula is C13H14BrN3O. The molecule has 0 spiro atoms. The molecule has 4 nitrogen and oxygen atoms in total. The molecule has 1 amide bonds. The SMILES string of the molecule is Cc1cc(C(=O)Nc2cn(C)nc2C)ccc1Br. The van der Waals surface area contributed by atoms with E-state index in [1.54, 1.807) is 16.9 Å². The number of halogens is 1. The summed E-state index contributed by atoms with van der Waals surface area (Å²) in [4.78, 5) is 12.1. The van der Waals surface area contributed by atoms with Gasteiger partial charge in [-0.05, 0) is 37.6 Å². The van der Waals surface area contributed by atoms with E-state index in [2.05, 4.69) is 26.3 Å². The summed E-state index contributed by atoms with van der Waals surface area (Å²) in [5.41, 5.74) is 3.22. The van der Waals surface area contributed by atoms with Crippen molar-refractivity contribution >= 4 is 27.5 Å². The molecule has 0 aliphatic carbocycles. The number of nitrogens with zero attached hydrogens (tertiary/aromatic N) is 2. The number of hydrogen-bond donors (Lipinski definition) is 1. The van der Waals surface area contributed by atoms with Gasteiger partial charge in [-0.1, -0.05) is 15.9 Å². The monoisotopic (exact) mass is 307 g/mol. The van der Waals surface area contributed by atoms with Crippen LogP contribution in [0.15, 0.2) is 28.9 Å². The lowest BCUT2D eigenvalue weighted by Gasteiger charge is -2.05. The van der Waals surface area contributed by atoms with Gasteiger partial charge in [-0.15, -0.1) is 0 Å². The van der Waals surface area contributed by atoms with Gasteiger partial charge >= 0.3 is 0 Å². The van der Waals surface area contributed by atoms with E-state index in [1.807, 2.05) is 33.0 Å². The van der Waals surface area contributed by atoms with Crippen molar-refractivity contribution in [2.45, 2.75) is 13.8 Å². The Morgan fingerprint density at radius 3 is 2.67 bits per heavy atom. The number of nitrogens with one attached hydrogen (secondary N) is 1. The first-order chi connectivity index (χ1) is 8.47. The van der Waals surface area contributed by atoms with E-state index in [1.165, 1.54) is 0 Å². The van der Waals surface area contributed by atoms with Crippen LogP contribution in [0.3, 0.4) is 0 Å². The number of hydrogen-bond acceptors (Lipinski definition) is 2. The fraction of sp³-hybridized carbons (Fsp3) is 0.231. The van der Waals surface area contributed by atoms with Crippen molar-refractivity contribution in [2.24, 2.45) is 7.05 Å². The number of aryl methyl sites for hydroxylation is 3. The Morgan fingerprint density at radius 2 is 2.11 bits per heavy atom. The fourth-order valence-electron chi connectivity index (χ4n) is 1.70. The Morgan fingerprint density at radius 1 is 1.39 bits per heavy atom. The molecule has 18 heavy (non-hydrogen) atoms. The van der Waals surface area contributed by atoms with Crippen molar-refractivity contribution in [2.75, 3.05) is 5.32 Å². The third-order valence-corrected chi connectivity index (χ3v) is 3.57. The molecular weight excluding hydrogens is 294 g/mol. The minimum absolute atomic E-state index is 0.123. The number of amides is 1. The molecule has 0 aliphatic rings. The van der Waals surface area contributed by atoms with Gasteiger partial charge in [-0.25, -0.2) is 0 Å². The lowest BCUT2D eigenvalue weighted by atomic mass is 10.1. The maximum atomic E-state index is 12.1. The van der Waals surface area contributed by atoms with Gasteiger partial charge in [0.2, 0.25) is 0 Å². The standard InChI is InChI=1S/C13H14BrN3O/c1-8-6-10(4-5-11(8)14)13(18)15-12-7-17(3)16-9(12)2/h4-7H,1-3H3,(H,15,18). The third-order valence-electron chi connectivity index (χ3n) is 2.68. The van der Waals surface area contributed by atoms with E-state index >= 15 is 0 Å². The van der Waals surface area contributed by atoms with Crippen molar-refractivity contribution in [3.05, 3.63) is 45.7 Å². The summed E-state index contributed by atoms with van der Waals surface area (Å²) in [5, 5.41) is 7.04. The minimum atomic E-state index is -0.123. The molecule has 0 atom stereocenters. The highest BCUT2D eigenvalue weighted by atomic mass is 79.9. The molecule has 0 aliphatic heterocycles. The molecule has 2 aromatic rings. The maximum Gasteiger partial charge on any atom is 0.255 e. The number of aromatic nitrogens is 2. The zero-order valence-electron chi connectivity index (χ0n) is 10.5. The molecule has 0 saturated heterocycles. The van der Waals surface area contributed by atoms with Gasteiger partial charge in [-0.2, -0.15) is 5.10 Å². The van der Waals surface area contributed by atoms with E-state index in [9.17, 15) is 4.79 Å². The Hall–Kier alpha value is -1.62. The smallest absolute Gasteiger partial charge is 0.255 e. The van der Waals surface area contributed by atoms with Crippen LogP contribution in [-0.4, -0.2) is 15.7 Å². The number of carbonyl (C=O) groups is 1. The first kappa shape index (κ1) is 12.8. The van der Waals surface area contributed by atoms with Gasteiger partial charge in [0.1, 0.15) is 0 Å². The molecule has 0 fully saturated rings. The second-order valence-electron chi connectivity index (χ2n) is 4.22. The molecule has 0 unspecified atom stereocenters. The molecule has 5 heteroatoms. The predicted molar refractivity (Wildman–Crippen MR) is 74.8 cm³/mol. The normalized spacial score (nSPS) is 10.4. The Kier molecular flexibility index (Phi) is 3.52. The number of carbonyl (C=O) groups excluding carboxylic acids is 1. The second-order valence-corrected chi connectivity index (χ2v) is 5.07. The zero-order valence-corrected chi connectivity index (χ0v) is 12.1. The molecule has 1 aromatic carbocycles. The van der Waals surface area contributed by atoms with Crippen LogP contribution in [0.4, 0.5) is 5.69 Å². The first-order valence-electron chi connectivity index (χ1n) is 5.55. The summed E-state index contributed by atoms with van der Waals surface area (Å²) < 4.78 is 2.68. The van der Waals surface area contributed by atoms with E-state index in [4.69, 9.17) is 0 Å². The van der Waals surface area contributed by atoms with Gasteiger partial charge in [0.15, 0.2) is 0 Å². The maximum absolute atomic E-state index is 12.1. The van der Waals surface area contributed by atoms with Crippen molar-refractivity contribution in [3.8, 4) is 0 Å². The highest BCUT2D eigenvalue weighted by Crippen LogP contribution is 2.18. The largest absolute Gasteiger partial charge is 0.319 e. The van der Waals surface area contributed by atoms with Crippen LogP contribution in [0.1, 0.15) is 21.6 Å². The van der Waals surface area contributed by atoms with Gasteiger partial charge in [-0.3, -0.25) is 9.48 Å². The van der Waals surface area contributed by atoms with Crippen LogP contribution >= 0.6 is 15.9 Å². The van der Waals surface area contributed by atoms with Crippen LogP contribution in [-0.2, 0) is 7.05 Å². The molecule has 0 radical (unpaired) electrons. The quantitative estimate of drug-likeness (QED) is 0.927. The second kappa shape index (κ2) is 4.94. The van der Waals surface area contributed by atoms with Crippen LogP contribution in [0, 0.1) is 13.8 Å². The summed E-state index contributed by atoms with van der Waals surface area (Å²) in [5.74, 6) is -0.123. The molecule has 2 rings (SSSR count). The van der Waals surface area contributed by atoms with Gasteiger partial charge in [0.05, 0.1) is 11.4 Å². The topological polar surface area (TPSA) is 46.9 Å². The van der Waals surface area contributed by atoms with Crippen LogP contribution in [0.2, 0.25) is 0 Å². The molecule has 0 bridgehead atoms. The van der Waals surface area contributed by atoms with Crippen molar-refractivity contribution in [1.82, 2.24) is 9.78 Å². The molecule has 94 valence electrons. The third kappa shape index (κ3) is 2.61. The summed E-state index contributed by atoms with van der Waals surface area (Å²) >= 11 is 3.42. The van der Waals surface area contributed by atoms with E-state index in [-0.39, 0.29) is 5.91 Å². The van der Waals surface area contributed by atoms with Crippen molar-refractivity contribution in [3.63, 3.8) is 0 Å². The lowest BCUT2D eigenvalue weighted by molar-refractivity contribution is 0.102. The van der Waals surface area contributed by atoms with Crippen molar-refractivity contribution in [1.29, 1.82) is 0 Å². The molecule has 1 N–H and O–H groups in total. The Labute approximate surface area is 114 Å². The number of rotatable bonds is 2. The highest BCUT2D eigenvalue weighted by Gasteiger charge is 2.10. The Bertz CT molecular complexity index is 604. The number of benzene rings is 1. The van der Waals surface area contributed by atoms with Crippen molar-refractivity contribution < 1.29 is 4.79 Å². The van der Waals surface area contributed by atoms with Crippen LogP contribution in [0.25, 0.3) is 0 Å². The average molecular weight is 308 g/mol. The summed E-state index contributed by atoms with van der Waals surface area (Å²) in [6.07, 6.45) is 1.79. The number of anilines is 1. The molecule has 1 aromatic heterocycles. The van der Waals surface area contributed by atoms with E-state index in [0.29, 0.717) is 5.56 Å².